The van der Waals surface area contributed by atoms with Crippen molar-refractivity contribution in [1.82, 2.24) is 4.72 Å². The molecule has 3 aromatic rings. The summed E-state index contributed by atoms with van der Waals surface area (Å²) >= 11 is 6.79. The number of thiophene rings is 1. The lowest BCUT2D eigenvalue weighted by Crippen LogP contribution is -2.23. The standard InChI is InChI=1S/C22H23N3O4S3/c1-3-23-32(27,28)17-12-10-16(11-13-17)24-22(30)25-20-18(21(26)29-4-2)14-19(31-20)15-8-6-5-7-9-15/h5-14,23H,3-4H2,1-2H3,(H2,24,25,30). The Labute approximate surface area is 196 Å². The van der Waals surface area contributed by atoms with Crippen LogP contribution in [0.15, 0.2) is 65.6 Å². The van der Waals surface area contributed by atoms with Crippen molar-refractivity contribution >= 4 is 55.3 Å². The topological polar surface area (TPSA) is 96.5 Å². The highest BCUT2D eigenvalue weighted by molar-refractivity contribution is 7.89. The van der Waals surface area contributed by atoms with Crippen molar-refractivity contribution in [3.8, 4) is 10.4 Å². The zero-order chi connectivity index (χ0) is 23.1. The van der Waals surface area contributed by atoms with E-state index in [4.69, 9.17) is 17.0 Å². The first-order valence-corrected chi connectivity index (χ1v) is 12.6. The number of ether oxygens (including phenoxy) is 1. The highest BCUT2D eigenvalue weighted by Crippen LogP contribution is 2.36. The van der Waals surface area contributed by atoms with Crippen molar-refractivity contribution in [3.63, 3.8) is 0 Å². The van der Waals surface area contributed by atoms with E-state index in [-0.39, 0.29) is 16.6 Å². The number of rotatable bonds is 8. The van der Waals surface area contributed by atoms with Gasteiger partial charge in [-0.15, -0.1) is 11.3 Å². The molecule has 0 bridgehead atoms. The third-order valence-corrected chi connectivity index (χ3v) is 7.13. The number of thiocarbonyl (C=S) groups is 1. The van der Waals surface area contributed by atoms with E-state index in [0.717, 1.165) is 10.4 Å². The first kappa shape index (κ1) is 23.9. The van der Waals surface area contributed by atoms with Crippen molar-refractivity contribution in [2.24, 2.45) is 0 Å². The van der Waals surface area contributed by atoms with Gasteiger partial charge in [-0.1, -0.05) is 37.3 Å². The minimum Gasteiger partial charge on any atom is -0.462 e. The third-order valence-electron chi connectivity index (χ3n) is 4.27. The molecule has 0 aliphatic rings. The fourth-order valence-electron chi connectivity index (χ4n) is 2.85. The number of benzene rings is 2. The summed E-state index contributed by atoms with van der Waals surface area (Å²) in [7, 11) is -3.52. The molecule has 3 N–H and O–H groups in total. The van der Waals surface area contributed by atoms with E-state index in [1.54, 1.807) is 32.0 Å². The van der Waals surface area contributed by atoms with Gasteiger partial charge in [0.05, 0.1) is 17.1 Å². The summed E-state index contributed by atoms with van der Waals surface area (Å²) in [5, 5.41) is 6.89. The molecule has 10 heteroatoms. The summed E-state index contributed by atoms with van der Waals surface area (Å²) in [5.74, 6) is -0.436. The lowest BCUT2D eigenvalue weighted by Gasteiger charge is -2.11. The van der Waals surface area contributed by atoms with Crippen molar-refractivity contribution in [2.75, 3.05) is 23.8 Å². The monoisotopic (exact) mass is 489 g/mol. The van der Waals surface area contributed by atoms with Gasteiger partial charge in [0, 0.05) is 17.1 Å². The van der Waals surface area contributed by atoms with Gasteiger partial charge in [-0.3, -0.25) is 0 Å². The van der Waals surface area contributed by atoms with E-state index in [2.05, 4.69) is 15.4 Å². The second-order valence-corrected chi connectivity index (χ2v) is 9.77. The summed E-state index contributed by atoms with van der Waals surface area (Å²) in [5.41, 5.74) is 1.98. The molecule has 0 aliphatic carbocycles. The predicted octanol–water partition coefficient (Wildman–Crippen LogP) is 4.70. The zero-order valence-corrected chi connectivity index (χ0v) is 20.0. The van der Waals surface area contributed by atoms with Crippen LogP contribution in [0.2, 0.25) is 0 Å². The molecule has 0 saturated carbocycles. The Morgan fingerprint density at radius 3 is 2.34 bits per heavy atom. The summed E-state index contributed by atoms with van der Waals surface area (Å²) in [6.45, 7) is 4.04. The molecule has 7 nitrogen and oxygen atoms in total. The number of carbonyl (C=O) groups excluding carboxylic acids is 1. The van der Waals surface area contributed by atoms with Gasteiger partial charge in [0.15, 0.2) is 5.11 Å². The molecule has 1 heterocycles. The SMILES string of the molecule is CCNS(=O)(=O)c1ccc(NC(=S)Nc2sc(-c3ccccc3)cc2C(=O)OCC)cc1. The van der Waals surface area contributed by atoms with Crippen LogP contribution in [-0.4, -0.2) is 32.7 Å². The van der Waals surface area contributed by atoms with Crippen molar-refractivity contribution in [3.05, 3.63) is 66.2 Å². The van der Waals surface area contributed by atoms with Crippen molar-refractivity contribution in [1.29, 1.82) is 0 Å². The predicted molar refractivity (Wildman–Crippen MR) is 133 cm³/mol. The van der Waals surface area contributed by atoms with Crippen LogP contribution in [0.5, 0.6) is 0 Å². The second kappa shape index (κ2) is 10.7. The minimum absolute atomic E-state index is 0.166. The van der Waals surface area contributed by atoms with Crippen LogP contribution in [0.3, 0.4) is 0 Å². The quantitative estimate of drug-likeness (QED) is 0.312. The van der Waals surface area contributed by atoms with Crippen LogP contribution in [-0.2, 0) is 14.8 Å². The highest BCUT2D eigenvalue weighted by atomic mass is 32.2. The first-order chi connectivity index (χ1) is 15.3. The molecule has 0 spiro atoms. The van der Waals surface area contributed by atoms with Crippen LogP contribution < -0.4 is 15.4 Å². The summed E-state index contributed by atoms with van der Waals surface area (Å²) in [6.07, 6.45) is 0. The average molecular weight is 490 g/mol. The fraction of sp³-hybridized carbons (Fsp3) is 0.182. The maximum absolute atomic E-state index is 12.5. The van der Waals surface area contributed by atoms with Gasteiger partial charge in [-0.05, 0) is 55.0 Å². The molecule has 2 aromatic carbocycles. The van der Waals surface area contributed by atoms with Gasteiger partial charge < -0.3 is 15.4 Å². The summed E-state index contributed by atoms with van der Waals surface area (Å²) in [4.78, 5) is 13.5. The number of nitrogens with one attached hydrogen (secondary N) is 3. The number of sulfonamides is 1. The molecule has 168 valence electrons. The van der Waals surface area contributed by atoms with Crippen molar-refractivity contribution in [2.45, 2.75) is 18.7 Å². The number of anilines is 2. The molecule has 1 aromatic heterocycles. The first-order valence-electron chi connectivity index (χ1n) is 9.88. The third kappa shape index (κ3) is 5.92. The molecular weight excluding hydrogens is 466 g/mol. The Kier molecular flexibility index (Phi) is 7.97. The molecule has 0 unspecified atom stereocenters. The fourth-order valence-corrected chi connectivity index (χ4v) is 5.23. The molecule has 0 atom stereocenters. The molecule has 0 amide bonds. The van der Waals surface area contributed by atoms with Gasteiger partial charge in [0.25, 0.3) is 0 Å². The largest absolute Gasteiger partial charge is 0.462 e. The number of hydrogen-bond acceptors (Lipinski definition) is 6. The van der Waals surface area contributed by atoms with E-state index in [1.807, 2.05) is 30.3 Å². The van der Waals surface area contributed by atoms with Crippen molar-refractivity contribution < 1.29 is 17.9 Å². The van der Waals surface area contributed by atoms with Gasteiger partial charge >= 0.3 is 5.97 Å². The average Bonchev–Trinajstić information content (AvgIpc) is 3.18. The van der Waals surface area contributed by atoms with E-state index in [1.165, 1.54) is 23.5 Å². The van der Waals surface area contributed by atoms with E-state index in [9.17, 15) is 13.2 Å². The maximum atomic E-state index is 12.5. The van der Waals surface area contributed by atoms with Gasteiger partial charge in [-0.2, -0.15) is 0 Å². The zero-order valence-electron chi connectivity index (χ0n) is 17.5. The molecule has 0 saturated heterocycles. The Bertz CT molecular complexity index is 1190. The normalized spacial score (nSPS) is 11.1. The maximum Gasteiger partial charge on any atom is 0.341 e. The van der Waals surface area contributed by atoms with Gasteiger partial charge in [-0.25, -0.2) is 17.9 Å². The Morgan fingerprint density at radius 2 is 1.72 bits per heavy atom. The van der Waals surface area contributed by atoms with Gasteiger partial charge in [0.2, 0.25) is 10.0 Å². The molecule has 32 heavy (non-hydrogen) atoms. The highest BCUT2D eigenvalue weighted by Gasteiger charge is 2.19. The Hall–Kier alpha value is -2.79. The van der Waals surface area contributed by atoms with Crippen LogP contribution in [0.4, 0.5) is 10.7 Å². The molecule has 3 rings (SSSR count). The Balaban J connectivity index is 1.78. The summed E-state index contributed by atoms with van der Waals surface area (Å²) < 4.78 is 31.8. The van der Waals surface area contributed by atoms with E-state index < -0.39 is 16.0 Å². The van der Waals surface area contributed by atoms with Crippen LogP contribution in [0, 0.1) is 0 Å². The van der Waals surface area contributed by atoms with Crippen LogP contribution in [0.1, 0.15) is 24.2 Å². The second-order valence-electron chi connectivity index (χ2n) is 6.54. The van der Waals surface area contributed by atoms with Gasteiger partial charge in [0.1, 0.15) is 5.00 Å². The van der Waals surface area contributed by atoms with E-state index >= 15 is 0 Å². The summed E-state index contributed by atoms with van der Waals surface area (Å²) in [6, 6.07) is 17.7. The van der Waals surface area contributed by atoms with E-state index in [0.29, 0.717) is 22.8 Å². The lowest BCUT2D eigenvalue weighted by atomic mass is 10.1. The van der Waals surface area contributed by atoms with Crippen LogP contribution >= 0.6 is 23.6 Å². The molecular formula is C22H23N3O4S3. The molecule has 0 fully saturated rings. The number of hydrogen-bond donors (Lipinski definition) is 3. The number of esters is 1. The smallest absolute Gasteiger partial charge is 0.341 e. The van der Waals surface area contributed by atoms with Crippen LogP contribution in [0.25, 0.3) is 10.4 Å². The number of carbonyl (C=O) groups is 1. The molecule has 0 radical (unpaired) electrons. The molecule has 0 aliphatic heterocycles. The minimum atomic E-state index is -3.52. The lowest BCUT2D eigenvalue weighted by molar-refractivity contribution is 0.0528. The Morgan fingerprint density at radius 1 is 1.03 bits per heavy atom.